The second-order valence-electron chi connectivity index (χ2n) is 9.63. The fourth-order valence-corrected chi connectivity index (χ4v) is 4.55. The number of nitrogens with zero attached hydrogens (tertiary/aromatic N) is 4. The van der Waals surface area contributed by atoms with E-state index >= 15 is 0 Å². The van der Waals surface area contributed by atoms with E-state index in [2.05, 4.69) is 129 Å². The van der Waals surface area contributed by atoms with Gasteiger partial charge in [0.2, 0.25) is 0 Å². The SMILES string of the molecule is C(#Cc1ccc(C[n+]2ccc(-c3ccncc3)cc2)cc1)c1ccc(C[n+]2ccc(-c3ccncc3)cc2)cc1. The molecule has 0 N–H and O–H groups in total. The number of benzene rings is 2. The molecular formula is C36H28N4+2. The average molecular weight is 517 g/mol. The first-order chi connectivity index (χ1) is 19.8. The maximum absolute atomic E-state index is 4.09. The lowest BCUT2D eigenvalue weighted by Crippen LogP contribution is -2.32. The number of rotatable bonds is 6. The molecule has 4 aromatic heterocycles. The smallest absolute Gasteiger partial charge is 0.173 e. The second kappa shape index (κ2) is 12.0. The van der Waals surface area contributed by atoms with Gasteiger partial charge in [-0.3, -0.25) is 9.97 Å². The summed E-state index contributed by atoms with van der Waals surface area (Å²) in [5, 5.41) is 0. The van der Waals surface area contributed by atoms with Gasteiger partial charge in [0.25, 0.3) is 0 Å². The molecule has 0 saturated carbocycles. The van der Waals surface area contributed by atoms with Gasteiger partial charge in [-0.25, -0.2) is 9.13 Å². The van der Waals surface area contributed by atoms with Crippen LogP contribution >= 0.6 is 0 Å². The number of hydrogen-bond donors (Lipinski definition) is 0. The van der Waals surface area contributed by atoms with Crippen molar-refractivity contribution in [2.24, 2.45) is 0 Å². The third kappa shape index (κ3) is 6.35. The van der Waals surface area contributed by atoms with Gasteiger partial charge in [0, 0.05) is 71.3 Å². The molecule has 190 valence electrons. The van der Waals surface area contributed by atoms with Crippen LogP contribution in [-0.4, -0.2) is 9.97 Å². The van der Waals surface area contributed by atoms with Crippen molar-refractivity contribution in [2.45, 2.75) is 13.1 Å². The van der Waals surface area contributed by atoms with Crippen molar-refractivity contribution in [3.8, 4) is 34.1 Å². The predicted molar refractivity (Wildman–Crippen MR) is 157 cm³/mol. The normalized spacial score (nSPS) is 10.5. The van der Waals surface area contributed by atoms with E-state index in [1.807, 2.05) is 49.1 Å². The molecule has 6 rings (SSSR count). The van der Waals surface area contributed by atoms with Crippen LogP contribution in [0.4, 0.5) is 0 Å². The molecule has 0 fully saturated rings. The molecule has 0 radical (unpaired) electrons. The van der Waals surface area contributed by atoms with Crippen molar-refractivity contribution in [2.75, 3.05) is 0 Å². The molecule has 0 atom stereocenters. The summed E-state index contributed by atoms with van der Waals surface area (Å²) in [6.07, 6.45) is 15.7. The van der Waals surface area contributed by atoms with E-state index in [1.165, 1.54) is 33.4 Å². The maximum atomic E-state index is 4.09. The largest absolute Gasteiger partial charge is 0.265 e. The van der Waals surface area contributed by atoms with E-state index in [9.17, 15) is 0 Å². The van der Waals surface area contributed by atoms with E-state index in [0.717, 1.165) is 24.2 Å². The lowest BCUT2D eigenvalue weighted by molar-refractivity contribution is -0.688. The van der Waals surface area contributed by atoms with Gasteiger partial charge in [-0.05, 0) is 70.8 Å². The minimum Gasteiger partial charge on any atom is -0.265 e. The number of hydrogen-bond acceptors (Lipinski definition) is 2. The van der Waals surface area contributed by atoms with Crippen molar-refractivity contribution < 1.29 is 9.13 Å². The molecule has 40 heavy (non-hydrogen) atoms. The average Bonchev–Trinajstić information content (AvgIpc) is 3.03. The zero-order chi connectivity index (χ0) is 27.0. The number of pyridine rings is 4. The lowest BCUT2D eigenvalue weighted by Gasteiger charge is -2.02. The standard InChI is InChI=1S/C36H28N4/c1(29-3-7-31(8-4-29)27-39-23-15-35(16-24-39)33-11-19-37-20-12-33)2-30-5-9-32(10-6-30)28-40-25-17-36(18-26-40)34-13-21-38-22-14-34/h3-26H,27-28H2/q+2. The molecule has 4 heterocycles. The molecule has 0 saturated heterocycles. The van der Waals surface area contributed by atoms with Crippen molar-refractivity contribution in [1.82, 2.24) is 9.97 Å². The Morgan fingerprint density at radius 3 is 1.07 bits per heavy atom. The molecule has 0 amide bonds. The lowest BCUT2D eigenvalue weighted by atomic mass is 10.1. The van der Waals surface area contributed by atoms with Gasteiger partial charge < -0.3 is 0 Å². The Morgan fingerprint density at radius 2 is 0.725 bits per heavy atom. The molecular weight excluding hydrogens is 488 g/mol. The van der Waals surface area contributed by atoms with Crippen molar-refractivity contribution in [3.05, 3.63) is 169 Å². The molecule has 0 aliphatic carbocycles. The van der Waals surface area contributed by atoms with Gasteiger partial charge in [0.15, 0.2) is 37.9 Å². The van der Waals surface area contributed by atoms with Crippen molar-refractivity contribution in [1.29, 1.82) is 0 Å². The summed E-state index contributed by atoms with van der Waals surface area (Å²) in [5.74, 6) is 6.59. The monoisotopic (exact) mass is 516 g/mol. The summed E-state index contributed by atoms with van der Waals surface area (Å²) in [6, 6.07) is 33.6. The first-order valence-corrected chi connectivity index (χ1v) is 13.3. The van der Waals surface area contributed by atoms with Crippen molar-refractivity contribution >= 4 is 0 Å². The van der Waals surface area contributed by atoms with Gasteiger partial charge >= 0.3 is 0 Å². The molecule has 0 aliphatic heterocycles. The summed E-state index contributed by atoms with van der Waals surface area (Å²) in [7, 11) is 0. The molecule has 0 unspecified atom stereocenters. The molecule has 0 bridgehead atoms. The van der Waals surface area contributed by atoms with E-state index in [0.29, 0.717) is 0 Å². The van der Waals surface area contributed by atoms with Gasteiger partial charge in [-0.15, -0.1) is 0 Å². The van der Waals surface area contributed by atoms with Crippen LogP contribution < -0.4 is 9.13 Å². The fourth-order valence-electron chi connectivity index (χ4n) is 4.55. The molecule has 2 aromatic carbocycles. The fraction of sp³-hybridized carbons (Fsp3) is 0.0556. The van der Waals surface area contributed by atoms with Crippen LogP contribution in [0.25, 0.3) is 22.3 Å². The first kappa shape index (κ1) is 24.9. The maximum Gasteiger partial charge on any atom is 0.173 e. The van der Waals surface area contributed by atoms with E-state index in [1.54, 1.807) is 0 Å². The quantitative estimate of drug-likeness (QED) is 0.205. The Balaban J connectivity index is 1.04. The topological polar surface area (TPSA) is 33.5 Å². The summed E-state index contributed by atoms with van der Waals surface area (Å²) in [5.41, 5.74) is 9.21. The highest BCUT2D eigenvalue weighted by molar-refractivity contribution is 5.62. The van der Waals surface area contributed by atoms with E-state index in [-0.39, 0.29) is 0 Å². The van der Waals surface area contributed by atoms with Gasteiger partial charge in [0.1, 0.15) is 0 Å². The van der Waals surface area contributed by atoms with Crippen molar-refractivity contribution in [3.63, 3.8) is 0 Å². The van der Waals surface area contributed by atoms with Crippen LogP contribution in [0, 0.1) is 11.8 Å². The Bertz CT molecular complexity index is 1600. The highest BCUT2D eigenvalue weighted by atomic mass is 14.9. The first-order valence-electron chi connectivity index (χ1n) is 13.3. The highest BCUT2D eigenvalue weighted by Gasteiger charge is 2.06. The molecule has 4 heteroatoms. The third-order valence-corrected chi connectivity index (χ3v) is 6.80. The van der Waals surface area contributed by atoms with Crippen LogP contribution in [0.5, 0.6) is 0 Å². The summed E-state index contributed by atoms with van der Waals surface area (Å²) in [6.45, 7) is 1.63. The number of aromatic nitrogens is 4. The zero-order valence-electron chi connectivity index (χ0n) is 22.1. The third-order valence-electron chi connectivity index (χ3n) is 6.80. The minimum absolute atomic E-state index is 0.816. The molecule has 0 aliphatic rings. The van der Waals surface area contributed by atoms with E-state index in [4.69, 9.17) is 0 Å². The van der Waals surface area contributed by atoms with Gasteiger partial charge in [-0.2, -0.15) is 0 Å². The summed E-state index contributed by atoms with van der Waals surface area (Å²) >= 11 is 0. The van der Waals surface area contributed by atoms with Gasteiger partial charge in [-0.1, -0.05) is 36.1 Å². The zero-order valence-corrected chi connectivity index (χ0v) is 22.1. The minimum atomic E-state index is 0.816. The predicted octanol–water partition coefficient (Wildman–Crippen LogP) is 5.88. The molecule has 6 aromatic rings. The van der Waals surface area contributed by atoms with Gasteiger partial charge in [0.05, 0.1) is 0 Å². The summed E-state index contributed by atoms with van der Waals surface area (Å²) < 4.78 is 4.36. The highest BCUT2D eigenvalue weighted by Crippen LogP contribution is 2.17. The Kier molecular flexibility index (Phi) is 7.46. The van der Waals surface area contributed by atoms with Crippen LogP contribution in [0.1, 0.15) is 22.3 Å². The molecule has 4 nitrogen and oxygen atoms in total. The van der Waals surface area contributed by atoms with Crippen LogP contribution in [0.2, 0.25) is 0 Å². The molecule has 0 spiro atoms. The summed E-state index contributed by atoms with van der Waals surface area (Å²) in [4.78, 5) is 8.18. The van der Waals surface area contributed by atoms with E-state index < -0.39 is 0 Å². The van der Waals surface area contributed by atoms with Crippen LogP contribution in [0.3, 0.4) is 0 Å². The Hall–Kier alpha value is -5.40. The second-order valence-corrected chi connectivity index (χ2v) is 9.63. The van der Waals surface area contributed by atoms with Crippen LogP contribution in [-0.2, 0) is 13.1 Å². The van der Waals surface area contributed by atoms with Crippen LogP contribution in [0.15, 0.2) is 147 Å². The Morgan fingerprint density at radius 1 is 0.400 bits per heavy atom. The Labute approximate surface area is 234 Å².